The summed E-state index contributed by atoms with van der Waals surface area (Å²) in [5.74, 6) is 1.49. The number of H-pyrrole nitrogens is 1. The fraction of sp³-hybridized carbons (Fsp3) is 0.529. The monoisotopic (exact) mass is 336 g/mol. The number of nitrogens with one attached hydrogen (secondary N) is 1. The summed E-state index contributed by atoms with van der Waals surface area (Å²) in [5, 5.41) is 1.18. The Hall–Kier alpha value is -1.53. The zero-order valence-electron chi connectivity index (χ0n) is 13.7. The summed E-state index contributed by atoms with van der Waals surface area (Å²) >= 11 is 0. The molecule has 1 saturated heterocycles. The molecule has 0 saturated carbocycles. The summed E-state index contributed by atoms with van der Waals surface area (Å²) in [7, 11) is -1.40. The van der Waals surface area contributed by atoms with Crippen LogP contribution in [-0.4, -0.2) is 43.7 Å². The fourth-order valence-electron chi connectivity index (χ4n) is 3.42. The molecule has 0 atom stereocenters. The third kappa shape index (κ3) is 3.23. The van der Waals surface area contributed by atoms with Gasteiger partial charge < -0.3 is 9.72 Å². The van der Waals surface area contributed by atoms with Gasteiger partial charge in [0, 0.05) is 30.2 Å². The van der Waals surface area contributed by atoms with E-state index in [0.29, 0.717) is 25.4 Å². The van der Waals surface area contributed by atoms with Crippen LogP contribution in [0.1, 0.15) is 37.7 Å². The number of benzene rings is 1. The minimum Gasteiger partial charge on any atom is -0.497 e. The van der Waals surface area contributed by atoms with Crippen LogP contribution in [0, 0.1) is 0 Å². The second kappa shape index (κ2) is 6.53. The van der Waals surface area contributed by atoms with Crippen LogP contribution >= 0.6 is 0 Å². The molecule has 23 heavy (non-hydrogen) atoms. The van der Waals surface area contributed by atoms with Crippen molar-refractivity contribution in [1.29, 1.82) is 0 Å². The molecule has 5 nitrogen and oxygen atoms in total. The maximum atomic E-state index is 12.2. The number of rotatable bonds is 5. The molecular weight excluding hydrogens is 312 g/mol. The molecule has 3 rings (SSSR count). The molecule has 2 heterocycles. The van der Waals surface area contributed by atoms with Crippen LogP contribution in [-0.2, 0) is 10.0 Å². The lowest BCUT2D eigenvalue weighted by atomic mass is 9.90. The van der Waals surface area contributed by atoms with Gasteiger partial charge in [-0.2, -0.15) is 0 Å². The Morgan fingerprint density at radius 1 is 1.30 bits per heavy atom. The van der Waals surface area contributed by atoms with E-state index in [2.05, 4.69) is 17.2 Å². The lowest BCUT2D eigenvalue weighted by Crippen LogP contribution is -2.39. The Labute approximate surface area is 137 Å². The van der Waals surface area contributed by atoms with Gasteiger partial charge in [-0.3, -0.25) is 0 Å². The van der Waals surface area contributed by atoms with Gasteiger partial charge in [0.05, 0.1) is 12.9 Å². The molecule has 1 aliphatic heterocycles. The van der Waals surface area contributed by atoms with Gasteiger partial charge in [0.25, 0.3) is 0 Å². The third-order valence-corrected chi connectivity index (χ3v) is 6.75. The molecule has 1 aromatic heterocycles. The number of aromatic nitrogens is 1. The minimum atomic E-state index is -3.07. The summed E-state index contributed by atoms with van der Waals surface area (Å²) in [6, 6.07) is 6.03. The zero-order valence-corrected chi connectivity index (χ0v) is 14.5. The molecule has 0 unspecified atom stereocenters. The number of ether oxygens (including phenoxy) is 1. The third-order valence-electron chi connectivity index (χ3n) is 4.67. The van der Waals surface area contributed by atoms with Crippen LogP contribution in [0.25, 0.3) is 10.9 Å². The van der Waals surface area contributed by atoms with Crippen molar-refractivity contribution in [2.45, 2.75) is 32.1 Å². The SMILES string of the molecule is CCCS(=O)(=O)N1CCC(c2c[nH]c3ccc(OC)cc23)CC1. The number of hydrogen-bond donors (Lipinski definition) is 1. The summed E-state index contributed by atoms with van der Waals surface area (Å²) < 4.78 is 31.3. The predicted molar refractivity (Wildman–Crippen MR) is 92.5 cm³/mol. The first-order chi connectivity index (χ1) is 11.0. The van der Waals surface area contributed by atoms with Crippen molar-refractivity contribution in [1.82, 2.24) is 9.29 Å². The molecule has 1 aliphatic rings. The van der Waals surface area contributed by atoms with Crippen molar-refractivity contribution in [2.75, 3.05) is 26.0 Å². The van der Waals surface area contributed by atoms with Crippen molar-refractivity contribution in [2.24, 2.45) is 0 Å². The smallest absolute Gasteiger partial charge is 0.214 e. The van der Waals surface area contributed by atoms with Crippen LogP contribution in [0.15, 0.2) is 24.4 Å². The van der Waals surface area contributed by atoms with Gasteiger partial charge in [0.15, 0.2) is 0 Å². The number of methoxy groups -OCH3 is 1. The van der Waals surface area contributed by atoms with E-state index in [9.17, 15) is 8.42 Å². The van der Waals surface area contributed by atoms with Crippen LogP contribution < -0.4 is 4.74 Å². The highest BCUT2D eigenvalue weighted by Gasteiger charge is 2.29. The first-order valence-electron chi connectivity index (χ1n) is 8.18. The van der Waals surface area contributed by atoms with E-state index in [0.717, 1.165) is 24.1 Å². The van der Waals surface area contributed by atoms with Crippen LogP contribution in [0.5, 0.6) is 5.75 Å². The standard InChI is InChI=1S/C17H24N2O3S/c1-3-10-23(20,21)19-8-6-13(7-9-19)16-12-18-17-5-4-14(22-2)11-15(16)17/h4-5,11-13,18H,3,6-10H2,1-2H3. The molecule has 0 radical (unpaired) electrons. The molecule has 1 N–H and O–H groups in total. The van der Waals surface area contributed by atoms with E-state index in [1.54, 1.807) is 11.4 Å². The van der Waals surface area contributed by atoms with Gasteiger partial charge in [0.1, 0.15) is 5.75 Å². The zero-order chi connectivity index (χ0) is 16.4. The molecule has 2 aromatic rings. The van der Waals surface area contributed by atoms with Gasteiger partial charge in [0.2, 0.25) is 10.0 Å². The molecule has 6 heteroatoms. The van der Waals surface area contributed by atoms with E-state index < -0.39 is 10.0 Å². The molecule has 0 aliphatic carbocycles. The van der Waals surface area contributed by atoms with Gasteiger partial charge in [-0.05, 0) is 48.9 Å². The Kier molecular flexibility index (Phi) is 4.64. The van der Waals surface area contributed by atoms with Crippen molar-refractivity contribution < 1.29 is 13.2 Å². The average Bonchev–Trinajstić information content (AvgIpc) is 2.98. The molecule has 126 valence electrons. The number of sulfonamides is 1. The van der Waals surface area contributed by atoms with E-state index in [4.69, 9.17) is 4.74 Å². The van der Waals surface area contributed by atoms with Crippen molar-refractivity contribution >= 4 is 20.9 Å². The number of piperidine rings is 1. The summed E-state index contributed by atoms with van der Waals surface area (Å²) in [6.45, 7) is 3.14. The molecule has 0 spiro atoms. The maximum absolute atomic E-state index is 12.2. The topological polar surface area (TPSA) is 62.4 Å². The highest BCUT2D eigenvalue weighted by Crippen LogP contribution is 2.35. The van der Waals surface area contributed by atoms with Gasteiger partial charge in [-0.15, -0.1) is 0 Å². The lowest BCUT2D eigenvalue weighted by molar-refractivity contribution is 0.320. The number of hydrogen-bond acceptors (Lipinski definition) is 3. The van der Waals surface area contributed by atoms with Crippen LogP contribution in [0.3, 0.4) is 0 Å². The van der Waals surface area contributed by atoms with E-state index >= 15 is 0 Å². The van der Waals surface area contributed by atoms with Crippen molar-refractivity contribution in [3.63, 3.8) is 0 Å². The van der Waals surface area contributed by atoms with Crippen LogP contribution in [0.2, 0.25) is 0 Å². The largest absolute Gasteiger partial charge is 0.497 e. The summed E-state index contributed by atoms with van der Waals surface area (Å²) in [6.07, 6.45) is 4.47. The molecule has 1 fully saturated rings. The van der Waals surface area contributed by atoms with E-state index in [-0.39, 0.29) is 5.75 Å². The second-order valence-electron chi connectivity index (χ2n) is 6.14. The Morgan fingerprint density at radius 3 is 2.70 bits per heavy atom. The normalized spacial score (nSPS) is 17.7. The molecule has 1 aromatic carbocycles. The summed E-state index contributed by atoms with van der Waals surface area (Å²) in [4.78, 5) is 3.31. The fourth-order valence-corrected chi connectivity index (χ4v) is 4.96. The number of fused-ring (bicyclic) bond motifs is 1. The summed E-state index contributed by atoms with van der Waals surface area (Å²) in [5.41, 5.74) is 2.37. The number of nitrogens with zero attached hydrogens (tertiary/aromatic N) is 1. The number of aromatic amines is 1. The Balaban J connectivity index is 1.78. The molecular formula is C17H24N2O3S. The predicted octanol–water partition coefficient (Wildman–Crippen LogP) is 3.10. The molecule has 0 bridgehead atoms. The van der Waals surface area contributed by atoms with Gasteiger partial charge in [-0.1, -0.05) is 6.92 Å². The van der Waals surface area contributed by atoms with Crippen LogP contribution in [0.4, 0.5) is 0 Å². The Morgan fingerprint density at radius 2 is 2.04 bits per heavy atom. The van der Waals surface area contributed by atoms with E-state index in [1.165, 1.54) is 10.9 Å². The lowest BCUT2D eigenvalue weighted by Gasteiger charge is -2.31. The van der Waals surface area contributed by atoms with Gasteiger partial charge in [-0.25, -0.2) is 12.7 Å². The Bertz CT molecular complexity index is 774. The average molecular weight is 336 g/mol. The quantitative estimate of drug-likeness (QED) is 0.912. The van der Waals surface area contributed by atoms with E-state index in [1.807, 2.05) is 19.1 Å². The molecule has 0 amide bonds. The van der Waals surface area contributed by atoms with Gasteiger partial charge >= 0.3 is 0 Å². The van der Waals surface area contributed by atoms with Crippen molar-refractivity contribution in [3.05, 3.63) is 30.0 Å². The highest BCUT2D eigenvalue weighted by atomic mass is 32.2. The highest BCUT2D eigenvalue weighted by molar-refractivity contribution is 7.89. The minimum absolute atomic E-state index is 0.252. The second-order valence-corrected chi connectivity index (χ2v) is 8.23. The van der Waals surface area contributed by atoms with Crippen molar-refractivity contribution in [3.8, 4) is 5.75 Å². The maximum Gasteiger partial charge on any atom is 0.214 e. The first kappa shape index (κ1) is 16.3. The first-order valence-corrected chi connectivity index (χ1v) is 9.79.